The smallest absolute Gasteiger partial charge is 0.325 e. The zero-order valence-corrected chi connectivity index (χ0v) is 16.1. The second kappa shape index (κ2) is 7.94. The van der Waals surface area contributed by atoms with Crippen molar-refractivity contribution in [3.8, 4) is 0 Å². The Morgan fingerprint density at radius 3 is 2.11 bits per heavy atom. The highest BCUT2D eigenvalue weighted by Crippen LogP contribution is 2.60. The molecule has 4 fully saturated rings. The van der Waals surface area contributed by atoms with E-state index in [-0.39, 0.29) is 36.9 Å². The number of rotatable bonds is 7. The van der Waals surface area contributed by atoms with Crippen LogP contribution in [0, 0.1) is 23.2 Å². The number of benzene rings is 1. The summed E-state index contributed by atoms with van der Waals surface area (Å²) < 4.78 is 5.13. The number of hydrogen-bond donors (Lipinski definition) is 2. The van der Waals surface area contributed by atoms with E-state index in [1.165, 1.54) is 19.3 Å². The second-order valence-electron chi connectivity index (χ2n) is 8.80. The van der Waals surface area contributed by atoms with Gasteiger partial charge in [-0.3, -0.25) is 14.4 Å². The number of hydrogen-bond acceptors (Lipinski definition) is 4. The van der Waals surface area contributed by atoms with Gasteiger partial charge in [0.1, 0.15) is 13.2 Å². The van der Waals surface area contributed by atoms with Crippen LogP contribution < -0.4 is 10.6 Å². The maximum absolute atomic E-state index is 12.8. The molecule has 0 aromatic heterocycles. The van der Waals surface area contributed by atoms with Crippen molar-refractivity contribution >= 4 is 17.8 Å². The first-order chi connectivity index (χ1) is 13.5. The van der Waals surface area contributed by atoms with Gasteiger partial charge in [0.2, 0.25) is 11.8 Å². The first-order valence-corrected chi connectivity index (χ1v) is 10.3. The molecule has 0 spiro atoms. The number of ether oxygens (including phenoxy) is 1. The average molecular weight is 384 g/mol. The molecule has 4 bridgehead atoms. The molecule has 0 radical (unpaired) electrons. The maximum Gasteiger partial charge on any atom is 0.325 e. The summed E-state index contributed by atoms with van der Waals surface area (Å²) in [5.74, 6) is 1.22. The van der Waals surface area contributed by atoms with Crippen molar-refractivity contribution in [2.75, 3.05) is 13.1 Å². The van der Waals surface area contributed by atoms with Crippen LogP contribution in [0.4, 0.5) is 0 Å². The molecule has 4 aliphatic carbocycles. The molecule has 2 amide bonds. The third kappa shape index (κ3) is 4.21. The average Bonchev–Trinajstić information content (AvgIpc) is 2.68. The van der Waals surface area contributed by atoms with Crippen LogP contribution in [0.2, 0.25) is 0 Å². The Labute approximate surface area is 165 Å². The van der Waals surface area contributed by atoms with Gasteiger partial charge in [-0.25, -0.2) is 0 Å². The topological polar surface area (TPSA) is 84.5 Å². The van der Waals surface area contributed by atoms with Crippen LogP contribution in [0.3, 0.4) is 0 Å². The first-order valence-electron chi connectivity index (χ1n) is 10.3. The normalized spacial score (nSPS) is 29.9. The van der Waals surface area contributed by atoms with E-state index in [9.17, 15) is 14.4 Å². The first kappa shape index (κ1) is 19.0. The summed E-state index contributed by atoms with van der Waals surface area (Å²) in [6.45, 7) is -0.107. The van der Waals surface area contributed by atoms with Crippen molar-refractivity contribution in [1.29, 1.82) is 0 Å². The molecule has 6 nitrogen and oxygen atoms in total. The quantitative estimate of drug-likeness (QED) is 0.706. The second-order valence-corrected chi connectivity index (χ2v) is 8.80. The zero-order chi connectivity index (χ0) is 19.6. The van der Waals surface area contributed by atoms with Gasteiger partial charge in [0.25, 0.3) is 0 Å². The van der Waals surface area contributed by atoms with E-state index < -0.39 is 5.97 Å². The van der Waals surface area contributed by atoms with Crippen molar-refractivity contribution in [1.82, 2.24) is 10.6 Å². The van der Waals surface area contributed by atoms with E-state index in [4.69, 9.17) is 4.74 Å². The predicted molar refractivity (Wildman–Crippen MR) is 103 cm³/mol. The summed E-state index contributed by atoms with van der Waals surface area (Å²) in [4.78, 5) is 36.6. The summed E-state index contributed by atoms with van der Waals surface area (Å²) in [6.07, 6.45) is 6.74. The number of carbonyl (C=O) groups excluding carboxylic acids is 3. The minimum absolute atomic E-state index is 0.0217. The molecule has 1 aromatic carbocycles. The largest absolute Gasteiger partial charge is 0.460 e. The van der Waals surface area contributed by atoms with Crippen LogP contribution in [0.25, 0.3) is 0 Å². The summed E-state index contributed by atoms with van der Waals surface area (Å²) >= 11 is 0. The van der Waals surface area contributed by atoms with E-state index in [2.05, 4.69) is 10.6 Å². The highest BCUT2D eigenvalue weighted by atomic mass is 16.5. The molecule has 0 atom stereocenters. The molecule has 0 aliphatic heterocycles. The van der Waals surface area contributed by atoms with Crippen LogP contribution in [-0.2, 0) is 25.7 Å². The van der Waals surface area contributed by atoms with Crippen LogP contribution in [0.5, 0.6) is 0 Å². The Bertz CT molecular complexity index is 711. The Hall–Kier alpha value is -2.37. The van der Waals surface area contributed by atoms with Crippen molar-refractivity contribution in [2.24, 2.45) is 23.2 Å². The highest BCUT2D eigenvalue weighted by Gasteiger charge is 2.54. The fraction of sp³-hybridized carbons (Fsp3) is 0.591. The molecule has 6 heteroatoms. The van der Waals surface area contributed by atoms with Gasteiger partial charge in [0.15, 0.2) is 0 Å². The van der Waals surface area contributed by atoms with Gasteiger partial charge in [0, 0.05) is 5.41 Å². The lowest BCUT2D eigenvalue weighted by Crippen LogP contribution is -2.54. The molecular formula is C22H28N2O4. The van der Waals surface area contributed by atoms with Gasteiger partial charge in [-0.05, 0) is 61.8 Å². The summed E-state index contributed by atoms with van der Waals surface area (Å²) in [7, 11) is 0. The van der Waals surface area contributed by atoms with Gasteiger partial charge < -0.3 is 15.4 Å². The Balaban J connectivity index is 1.17. The standard InChI is InChI=1S/C22H28N2O4/c25-19(23-13-20(26)28-14-15-4-2-1-3-5-15)12-24-21(27)22-9-16-6-17(10-22)8-18(7-16)11-22/h1-5,16-18H,6-14H2,(H,23,25)(H,24,27). The van der Waals surface area contributed by atoms with Crippen LogP contribution >= 0.6 is 0 Å². The van der Waals surface area contributed by atoms with Crippen molar-refractivity contribution in [3.05, 3.63) is 35.9 Å². The van der Waals surface area contributed by atoms with E-state index in [1.54, 1.807) is 0 Å². The van der Waals surface area contributed by atoms with Gasteiger partial charge >= 0.3 is 5.97 Å². The monoisotopic (exact) mass is 384 g/mol. The van der Waals surface area contributed by atoms with Gasteiger partial charge in [-0.15, -0.1) is 0 Å². The molecule has 5 rings (SSSR count). The third-order valence-electron chi connectivity index (χ3n) is 6.60. The van der Waals surface area contributed by atoms with E-state index in [1.807, 2.05) is 30.3 Å². The lowest BCUT2D eigenvalue weighted by molar-refractivity contribution is -0.147. The molecule has 2 N–H and O–H groups in total. The van der Waals surface area contributed by atoms with Gasteiger partial charge in [0.05, 0.1) is 6.54 Å². The summed E-state index contributed by atoms with van der Waals surface area (Å²) in [5.41, 5.74) is 0.633. The van der Waals surface area contributed by atoms with Gasteiger partial charge in [-0.2, -0.15) is 0 Å². The number of nitrogens with one attached hydrogen (secondary N) is 2. The molecule has 4 aliphatic rings. The Kier molecular flexibility index (Phi) is 5.38. The lowest BCUT2D eigenvalue weighted by atomic mass is 9.49. The van der Waals surface area contributed by atoms with Crippen LogP contribution in [-0.4, -0.2) is 30.9 Å². The molecule has 0 unspecified atom stereocenters. The summed E-state index contributed by atoms with van der Waals surface area (Å²) in [6, 6.07) is 9.37. The third-order valence-corrected chi connectivity index (χ3v) is 6.60. The van der Waals surface area contributed by atoms with E-state index in [0.29, 0.717) is 17.8 Å². The van der Waals surface area contributed by atoms with Crippen molar-refractivity contribution in [3.63, 3.8) is 0 Å². The number of amides is 2. The predicted octanol–water partition coefficient (Wildman–Crippen LogP) is 2.18. The number of esters is 1. The Morgan fingerprint density at radius 2 is 1.50 bits per heavy atom. The maximum atomic E-state index is 12.8. The van der Waals surface area contributed by atoms with Crippen LogP contribution in [0.15, 0.2) is 30.3 Å². The summed E-state index contributed by atoms with van der Waals surface area (Å²) in [5, 5.41) is 5.34. The fourth-order valence-corrected chi connectivity index (χ4v) is 5.76. The van der Waals surface area contributed by atoms with E-state index >= 15 is 0 Å². The van der Waals surface area contributed by atoms with Crippen molar-refractivity contribution < 1.29 is 19.1 Å². The SMILES string of the molecule is O=C(CNC(=O)C12CC3CC(CC(C3)C1)C2)NCC(=O)OCc1ccccc1. The van der Waals surface area contributed by atoms with E-state index in [0.717, 1.165) is 24.8 Å². The minimum Gasteiger partial charge on any atom is -0.460 e. The van der Waals surface area contributed by atoms with Gasteiger partial charge in [-0.1, -0.05) is 30.3 Å². The van der Waals surface area contributed by atoms with Crippen LogP contribution in [0.1, 0.15) is 44.1 Å². The lowest BCUT2D eigenvalue weighted by Gasteiger charge is -2.55. The molecular weight excluding hydrogens is 356 g/mol. The zero-order valence-electron chi connectivity index (χ0n) is 16.1. The Morgan fingerprint density at radius 1 is 0.893 bits per heavy atom. The molecule has 150 valence electrons. The highest BCUT2D eigenvalue weighted by molar-refractivity contribution is 5.89. The molecule has 4 saturated carbocycles. The molecule has 1 aromatic rings. The van der Waals surface area contributed by atoms with Crippen molar-refractivity contribution in [2.45, 2.75) is 45.1 Å². The molecule has 0 heterocycles. The number of carbonyl (C=O) groups is 3. The molecule has 28 heavy (non-hydrogen) atoms. The molecule has 0 saturated heterocycles. The fourth-order valence-electron chi connectivity index (χ4n) is 5.76. The minimum atomic E-state index is -0.496.